The summed E-state index contributed by atoms with van der Waals surface area (Å²) in [6.45, 7) is 11.2. The fourth-order valence-electron chi connectivity index (χ4n) is 8.35. The minimum Gasteiger partial charge on any atom is -0.494 e. The van der Waals surface area contributed by atoms with Crippen LogP contribution in [-0.4, -0.2) is 121 Å². The molecule has 0 bridgehead atoms. The summed E-state index contributed by atoms with van der Waals surface area (Å²) in [5, 5.41) is 3.33. The van der Waals surface area contributed by atoms with E-state index >= 15 is 0 Å². The molecule has 312 valence electrons. The molecule has 5 N–H and O–H groups in total. The van der Waals surface area contributed by atoms with E-state index in [4.69, 9.17) is 34.6 Å². The molecule has 3 fully saturated rings. The summed E-state index contributed by atoms with van der Waals surface area (Å²) in [5.41, 5.74) is 15.2. The lowest BCUT2D eigenvalue weighted by Crippen LogP contribution is -2.47. The van der Waals surface area contributed by atoms with Crippen LogP contribution in [0.4, 0.5) is 11.4 Å². The van der Waals surface area contributed by atoms with Crippen LogP contribution in [0.5, 0.6) is 17.2 Å². The average molecular weight is 812 g/mol. The Morgan fingerprint density at radius 1 is 0.850 bits per heavy atom. The van der Waals surface area contributed by atoms with Gasteiger partial charge in [-0.15, -0.1) is 0 Å². The predicted molar refractivity (Wildman–Crippen MR) is 235 cm³/mol. The SMILES string of the molecule is C=C1C[C@@H](C2NCCO2)N(C(=O)c2cc(OC)c(OCCCCCOc3ccc(-c4nc5ccc(-c6nc7cc(N8CCN(C)CC8)ccc7[nH]6)cc5[nH]4)cc3)cc2N)C1. The lowest BCUT2D eigenvalue weighted by atomic mass is 10.1. The van der Waals surface area contributed by atoms with Gasteiger partial charge < -0.3 is 49.3 Å². The van der Waals surface area contributed by atoms with Gasteiger partial charge in [-0.05, 0) is 99.5 Å². The van der Waals surface area contributed by atoms with Crippen molar-refractivity contribution >= 4 is 39.3 Å². The number of benzene rings is 4. The second-order valence-electron chi connectivity index (χ2n) is 16.0. The van der Waals surface area contributed by atoms with Crippen molar-refractivity contribution in [2.75, 3.05) is 83.9 Å². The second kappa shape index (κ2) is 17.3. The van der Waals surface area contributed by atoms with Crippen LogP contribution in [0.15, 0.2) is 84.9 Å². The molecule has 1 amide bonds. The summed E-state index contributed by atoms with van der Waals surface area (Å²) in [6.07, 6.45) is 3.08. The number of nitrogens with one attached hydrogen (secondary N) is 3. The largest absolute Gasteiger partial charge is 0.494 e. The molecule has 2 aromatic heterocycles. The molecule has 0 radical (unpaired) electrons. The summed E-state index contributed by atoms with van der Waals surface area (Å²) < 4.78 is 23.6. The maximum Gasteiger partial charge on any atom is 0.256 e. The first kappa shape index (κ1) is 39.4. The van der Waals surface area contributed by atoms with Crippen molar-refractivity contribution in [3.8, 4) is 40.0 Å². The minimum atomic E-state index is -0.216. The Bertz CT molecular complexity index is 2480. The highest BCUT2D eigenvalue weighted by Crippen LogP contribution is 2.36. The Balaban J connectivity index is 0.743. The van der Waals surface area contributed by atoms with Crippen molar-refractivity contribution in [3.05, 3.63) is 90.5 Å². The van der Waals surface area contributed by atoms with Crippen LogP contribution in [0.25, 0.3) is 44.8 Å². The smallest absolute Gasteiger partial charge is 0.256 e. The number of hydrogen-bond acceptors (Lipinski definition) is 11. The number of nitrogens with two attached hydrogens (primary N) is 1. The van der Waals surface area contributed by atoms with Gasteiger partial charge in [-0.25, -0.2) is 9.97 Å². The second-order valence-corrected chi connectivity index (χ2v) is 16.0. The molecule has 4 aromatic carbocycles. The number of likely N-dealkylation sites (N-methyl/N-ethyl adjacent to an activating group) is 1. The standard InChI is InChI=1S/C46H53N9O5/c1-29-23-40(45-48-15-22-60-45)55(28-29)46(56)34-26-41(57-3)42(27-35(34)47)59-21-6-4-5-20-58-33-11-7-30(8-12-33)43-49-36-13-9-31(24-38(36)51-43)44-50-37-14-10-32(25-39(37)52-44)54-18-16-53(2)17-19-54/h7-14,24-27,40,45,48H,1,4-6,15-23,28,47H2,2-3H3,(H,49,51)(H,50,52)/t40-,45?/m0/s1. The van der Waals surface area contributed by atoms with E-state index in [2.05, 4.69) is 69.0 Å². The zero-order valence-electron chi connectivity index (χ0n) is 34.3. The van der Waals surface area contributed by atoms with Crippen LogP contribution in [-0.2, 0) is 4.74 Å². The third-order valence-electron chi connectivity index (χ3n) is 11.7. The number of unbranched alkanes of at least 4 members (excludes halogenated alkanes) is 2. The molecule has 0 aliphatic carbocycles. The summed E-state index contributed by atoms with van der Waals surface area (Å²) in [7, 11) is 3.74. The minimum absolute atomic E-state index is 0.132. The number of methoxy groups -OCH3 is 1. The molecule has 1 unspecified atom stereocenters. The van der Waals surface area contributed by atoms with Gasteiger partial charge in [0, 0.05) is 67.8 Å². The molecule has 2 atom stereocenters. The molecule has 5 heterocycles. The molecule has 0 spiro atoms. The van der Waals surface area contributed by atoms with Crippen molar-refractivity contribution in [2.24, 2.45) is 0 Å². The molecule has 3 saturated heterocycles. The van der Waals surface area contributed by atoms with Gasteiger partial charge in [0.1, 0.15) is 23.6 Å². The van der Waals surface area contributed by atoms with E-state index < -0.39 is 0 Å². The number of piperazine rings is 1. The van der Waals surface area contributed by atoms with E-state index in [0.717, 1.165) is 108 Å². The van der Waals surface area contributed by atoms with Crippen LogP contribution in [0.2, 0.25) is 0 Å². The van der Waals surface area contributed by atoms with Crippen LogP contribution in [0.3, 0.4) is 0 Å². The van der Waals surface area contributed by atoms with Gasteiger partial charge in [0.05, 0.1) is 60.6 Å². The molecule has 60 heavy (non-hydrogen) atoms. The molecule has 14 heteroatoms. The van der Waals surface area contributed by atoms with Crippen molar-refractivity contribution in [1.29, 1.82) is 0 Å². The number of fused-ring (bicyclic) bond motifs is 2. The number of H-pyrrole nitrogens is 2. The number of likely N-dealkylation sites (tertiary alicyclic amines) is 1. The Labute approximate surface area is 349 Å². The van der Waals surface area contributed by atoms with E-state index in [0.29, 0.717) is 55.5 Å². The van der Waals surface area contributed by atoms with E-state index in [1.807, 2.05) is 30.3 Å². The van der Waals surface area contributed by atoms with Crippen molar-refractivity contribution < 1.29 is 23.7 Å². The number of imidazole rings is 2. The van der Waals surface area contributed by atoms with E-state index in [1.165, 1.54) is 5.69 Å². The predicted octanol–water partition coefficient (Wildman–Crippen LogP) is 6.46. The molecular weight excluding hydrogens is 759 g/mol. The number of rotatable bonds is 14. The first-order valence-electron chi connectivity index (χ1n) is 20.9. The first-order chi connectivity index (χ1) is 29.3. The number of amides is 1. The Kier molecular flexibility index (Phi) is 11.3. The van der Waals surface area contributed by atoms with E-state index in [1.54, 1.807) is 24.1 Å². The highest BCUT2D eigenvalue weighted by atomic mass is 16.5. The Hall–Kier alpha value is -6.09. The molecule has 6 aromatic rings. The topological polar surface area (TPSA) is 159 Å². The van der Waals surface area contributed by atoms with Crippen molar-refractivity contribution in [3.63, 3.8) is 0 Å². The van der Waals surface area contributed by atoms with Crippen LogP contribution >= 0.6 is 0 Å². The molecule has 0 saturated carbocycles. The zero-order valence-corrected chi connectivity index (χ0v) is 34.3. The Morgan fingerprint density at radius 2 is 1.60 bits per heavy atom. The third-order valence-corrected chi connectivity index (χ3v) is 11.7. The fraction of sp³-hybridized carbons (Fsp3) is 0.370. The summed E-state index contributed by atoms with van der Waals surface area (Å²) in [6, 6.07) is 23.9. The fourth-order valence-corrected chi connectivity index (χ4v) is 8.35. The number of nitrogen functional groups attached to an aromatic ring is 1. The lowest BCUT2D eigenvalue weighted by Gasteiger charge is -2.34. The zero-order chi connectivity index (χ0) is 41.2. The number of anilines is 2. The van der Waals surface area contributed by atoms with Crippen molar-refractivity contribution in [1.82, 2.24) is 35.1 Å². The monoisotopic (exact) mass is 811 g/mol. The third kappa shape index (κ3) is 8.35. The van der Waals surface area contributed by atoms with Crippen LogP contribution < -0.4 is 30.2 Å². The van der Waals surface area contributed by atoms with Gasteiger partial charge in [0.15, 0.2) is 11.5 Å². The number of carbonyl (C=O) groups is 1. The maximum atomic E-state index is 13.7. The van der Waals surface area contributed by atoms with Gasteiger partial charge in [-0.2, -0.15) is 0 Å². The van der Waals surface area contributed by atoms with Gasteiger partial charge in [0.25, 0.3) is 5.91 Å². The summed E-state index contributed by atoms with van der Waals surface area (Å²) in [4.78, 5) is 37.1. The number of hydrogen-bond donors (Lipinski definition) is 4. The van der Waals surface area contributed by atoms with Crippen LogP contribution in [0, 0.1) is 0 Å². The molecule has 3 aliphatic rings. The molecule has 14 nitrogen and oxygen atoms in total. The quantitative estimate of drug-likeness (QED) is 0.0544. The lowest BCUT2D eigenvalue weighted by molar-refractivity contribution is 0.0272. The summed E-state index contributed by atoms with van der Waals surface area (Å²) in [5.74, 6) is 3.25. The number of carbonyl (C=O) groups excluding carboxylic acids is 1. The summed E-state index contributed by atoms with van der Waals surface area (Å²) >= 11 is 0. The van der Waals surface area contributed by atoms with Gasteiger partial charge in [-0.1, -0.05) is 12.2 Å². The van der Waals surface area contributed by atoms with Crippen LogP contribution in [0.1, 0.15) is 36.0 Å². The number of nitrogens with zero attached hydrogens (tertiary/aromatic N) is 5. The number of aromatic amines is 2. The maximum absolute atomic E-state index is 13.7. The highest BCUT2D eigenvalue weighted by Gasteiger charge is 2.39. The average Bonchev–Trinajstić information content (AvgIpc) is 4.10. The van der Waals surface area contributed by atoms with Crippen molar-refractivity contribution in [2.45, 2.75) is 38.0 Å². The molecular formula is C46H53N9O5. The molecule has 9 rings (SSSR count). The number of ether oxygens (including phenoxy) is 4. The Morgan fingerprint density at radius 3 is 2.38 bits per heavy atom. The first-order valence-corrected chi connectivity index (χ1v) is 20.9. The molecule has 3 aliphatic heterocycles. The van der Waals surface area contributed by atoms with E-state index in [9.17, 15) is 4.79 Å². The van der Waals surface area contributed by atoms with Gasteiger partial charge in [-0.3, -0.25) is 10.1 Å². The van der Waals surface area contributed by atoms with Gasteiger partial charge >= 0.3 is 0 Å². The van der Waals surface area contributed by atoms with Gasteiger partial charge in [0.2, 0.25) is 0 Å². The normalized spacial score (nSPS) is 18.5. The number of aromatic nitrogens is 4. The van der Waals surface area contributed by atoms with E-state index in [-0.39, 0.29) is 18.2 Å². The highest BCUT2D eigenvalue weighted by molar-refractivity contribution is 6.00.